The third kappa shape index (κ3) is 8.25. The average Bonchev–Trinajstić information content (AvgIpc) is 2.21. The van der Waals surface area contributed by atoms with Crippen LogP contribution in [0.3, 0.4) is 0 Å². The monoisotopic (exact) mass is 277 g/mol. The minimum Gasteiger partial charge on any atom is -0.481 e. The largest absolute Gasteiger partial charge is 0.481 e. The van der Waals surface area contributed by atoms with Gasteiger partial charge in [0.25, 0.3) is 0 Å². The number of hydrogen-bond donors (Lipinski definition) is 2. The van der Waals surface area contributed by atoms with Crippen molar-refractivity contribution >= 4 is 16.0 Å². The van der Waals surface area contributed by atoms with Crippen molar-refractivity contribution in [2.75, 3.05) is 12.3 Å². The lowest BCUT2D eigenvalue weighted by molar-refractivity contribution is -0.137. The Morgan fingerprint density at radius 1 is 1.39 bits per heavy atom. The second kappa shape index (κ2) is 8.26. The number of rotatable bonds is 10. The molecule has 106 valence electrons. The van der Waals surface area contributed by atoms with Crippen molar-refractivity contribution in [2.45, 2.75) is 33.1 Å². The van der Waals surface area contributed by atoms with Gasteiger partial charge in [-0.2, -0.15) is 0 Å². The van der Waals surface area contributed by atoms with E-state index in [9.17, 15) is 13.2 Å². The van der Waals surface area contributed by atoms with Gasteiger partial charge in [-0.1, -0.05) is 19.9 Å². The van der Waals surface area contributed by atoms with E-state index in [2.05, 4.69) is 11.3 Å². The summed E-state index contributed by atoms with van der Waals surface area (Å²) in [6.45, 7) is 7.76. The van der Waals surface area contributed by atoms with Crippen LogP contribution in [0.1, 0.15) is 33.1 Å². The summed E-state index contributed by atoms with van der Waals surface area (Å²) in [6, 6.07) is 0. The molecule has 0 fully saturated rings. The summed E-state index contributed by atoms with van der Waals surface area (Å²) < 4.78 is 25.2. The third-order valence-corrected chi connectivity index (χ3v) is 4.16. The summed E-state index contributed by atoms with van der Waals surface area (Å²) in [4.78, 5) is 10.5. The van der Waals surface area contributed by atoms with Gasteiger partial charge in [0, 0.05) is 13.0 Å². The predicted molar refractivity (Wildman–Crippen MR) is 71.8 cm³/mol. The van der Waals surface area contributed by atoms with Crippen molar-refractivity contribution in [1.82, 2.24) is 4.72 Å². The maximum absolute atomic E-state index is 11.4. The van der Waals surface area contributed by atoms with Crippen LogP contribution in [0.5, 0.6) is 0 Å². The Balaban J connectivity index is 4.12. The van der Waals surface area contributed by atoms with Crippen LogP contribution in [0.4, 0.5) is 0 Å². The summed E-state index contributed by atoms with van der Waals surface area (Å²) in [5.74, 6) is -0.345. The van der Waals surface area contributed by atoms with Crippen molar-refractivity contribution in [3.05, 3.63) is 12.7 Å². The second-order valence-corrected chi connectivity index (χ2v) is 6.54. The minimum absolute atomic E-state index is 0.0888. The Hall–Kier alpha value is -0.880. The van der Waals surface area contributed by atoms with Gasteiger partial charge in [-0.25, -0.2) is 13.1 Å². The van der Waals surface area contributed by atoms with Crippen molar-refractivity contribution in [2.24, 2.45) is 11.8 Å². The van der Waals surface area contributed by atoms with Gasteiger partial charge in [0.2, 0.25) is 10.0 Å². The van der Waals surface area contributed by atoms with E-state index in [0.717, 1.165) is 0 Å². The molecule has 0 rings (SSSR count). The summed E-state index contributed by atoms with van der Waals surface area (Å²) in [5.41, 5.74) is 0. The van der Waals surface area contributed by atoms with Crippen LogP contribution in [-0.4, -0.2) is 31.8 Å². The first-order chi connectivity index (χ1) is 8.28. The van der Waals surface area contributed by atoms with Gasteiger partial charge in [0.15, 0.2) is 0 Å². The molecule has 0 spiro atoms. The molecule has 0 aromatic carbocycles. The maximum atomic E-state index is 11.4. The van der Waals surface area contributed by atoms with E-state index in [1.807, 2.05) is 13.8 Å². The molecule has 0 heterocycles. The van der Waals surface area contributed by atoms with E-state index < -0.39 is 16.0 Å². The highest BCUT2D eigenvalue weighted by Crippen LogP contribution is 2.20. The topological polar surface area (TPSA) is 83.5 Å². The molecule has 0 aromatic rings. The molecule has 5 nitrogen and oxygen atoms in total. The van der Waals surface area contributed by atoms with Crippen molar-refractivity contribution in [1.29, 1.82) is 0 Å². The smallest absolute Gasteiger partial charge is 0.303 e. The van der Waals surface area contributed by atoms with Crippen molar-refractivity contribution in [3.8, 4) is 0 Å². The van der Waals surface area contributed by atoms with Crippen LogP contribution in [-0.2, 0) is 14.8 Å². The molecule has 0 aliphatic rings. The third-order valence-electron chi connectivity index (χ3n) is 2.85. The molecule has 0 aromatic heterocycles. The second-order valence-electron chi connectivity index (χ2n) is 4.69. The highest BCUT2D eigenvalue weighted by atomic mass is 32.2. The molecule has 0 amide bonds. The summed E-state index contributed by atoms with van der Waals surface area (Å²) >= 11 is 0. The number of nitrogens with one attached hydrogen (secondary N) is 1. The van der Waals surface area contributed by atoms with Crippen LogP contribution in [0.2, 0.25) is 0 Å². The highest BCUT2D eigenvalue weighted by molar-refractivity contribution is 7.89. The molecule has 0 aliphatic carbocycles. The van der Waals surface area contributed by atoms with Crippen LogP contribution >= 0.6 is 0 Å². The highest BCUT2D eigenvalue weighted by Gasteiger charge is 2.16. The molecular formula is C12H23NO4S. The first-order valence-electron chi connectivity index (χ1n) is 6.08. The standard InChI is InChI=1S/C12H23NO4S/c1-4-9-18(16,17)13-8-7-11(10(2)3)5-6-12(14)15/h4,10-11,13H,1,5-9H2,2-3H3,(H,14,15). The molecule has 0 saturated carbocycles. The number of hydrogen-bond acceptors (Lipinski definition) is 3. The van der Waals surface area contributed by atoms with Gasteiger partial charge in [-0.05, 0) is 24.7 Å². The Kier molecular flexibility index (Phi) is 7.86. The number of sulfonamides is 1. The van der Waals surface area contributed by atoms with E-state index in [1.165, 1.54) is 6.08 Å². The number of carboxylic acid groups (broad SMARTS) is 1. The van der Waals surface area contributed by atoms with Crippen molar-refractivity contribution < 1.29 is 18.3 Å². The van der Waals surface area contributed by atoms with E-state index in [-0.39, 0.29) is 18.1 Å². The predicted octanol–water partition coefficient (Wildman–Crippen LogP) is 1.62. The molecule has 2 N–H and O–H groups in total. The zero-order chi connectivity index (χ0) is 14.2. The summed E-state index contributed by atoms with van der Waals surface area (Å²) in [6.07, 6.45) is 2.70. The van der Waals surface area contributed by atoms with Gasteiger partial charge in [-0.15, -0.1) is 6.58 Å². The molecule has 1 atom stereocenters. The van der Waals surface area contributed by atoms with Crippen LogP contribution < -0.4 is 4.72 Å². The summed E-state index contributed by atoms with van der Waals surface area (Å²) in [5, 5.41) is 8.65. The number of carbonyl (C=O) groups is 1. The lowest BCUT2D eigenvalue weighted by atomic mass is 9.88. The fourth-order valence-electron chi connectivity index (χ4n) is 1.73. The molecule has 6 heteroatoms. The van der Waals surface area contributed by atoms with E-state index >= 15 is 0 Å². The van der Waals surface area contributed by atoms with E-state index in [1.54, 1.807) is 0 Å². The van der Waals surface area contributed by atoms with Crippen molar-refractivity contribution in [3.63, 3.8) is 0 Å². The minimum atomic E-state index is -3.27. The molecule has 0 radical (unpaired) electrons. The van der Waals surface area contributed by atoms with Gasteiger partial charge >= 0.3 is 5.97 Å². The van der Waals surface area contributed by atoms with E-state index in [0.29, 0.717) is 25.3 Å². The Morgan fingerprint density at radius 2 is 2.00 bits per heavy atom. The zero-order valence-corrected chi connectivity index (χ0v) is 11.9. The average molecular weight is 277 g/mol. The lowest BCUT2D eigenvalue weighted by Gasteiger charge is -2.20. The normalized spacial score (nSPS) is 13.5. The van der Waals surface area contributed by atoms with Crippen LogP contribution in [0.15, 0.2) is 12.7 Å². The maximum Gasteiger partial charge on any atom is 0.303 e. The lowest BCUT2D eigenvalue weighted by Crippen LogP contribution is -2.28. The van der Waals surface area contributed by atoms with E-state index in [4.69, 9.17) is 5.11 Å². The zero-order valence-electron chi connectivity index (χ0n) is 11.1. The van der Waals surface area contributed by atoms with Crippen LogP contribution in [0, 0.1) is 11.8 Å². The number of carboxylic acids is 1. The molecule has 18 heavy (non-hydrogen) atoms. The first kappa shape index (κ1) is 17.1. The van der Waals surface area contributed by atoms with Gasteiger partial charge < -0.3 is 5.11 Å². The number of aliphatic carboxylic acids is 1. The molecule has 0 aliphatic heterocycles. The first-order valence-corrected chi connectivity index (χ1v) is 7.73. The van der Waals surface area contributed by atoms with Gasteiger partial charge in [-0.3, -0.25) is 4.79 Å². The summed E-state index contributed by atoms with van der Waals surface area (Å²) in [7, 11) is -3.27. The Bertz CT molecular complexity index is 362. The molecule has 0 saturated heterocycles. The van der Waals surface area contributed by atoms with Crippen LogP contribution in [0.25, 0.3) is 0 Å². The molecule has 1 unspecified atom stereocenters. The van der Waals surface area contributed by atoms with Gasteiger partial charge in [0.1, 0.15) is 0 Å². The quantitative estimate of drug-likeness (QED) is 0.594. The molecule has 0 bridgehead atoms. The SMILES string of the molecule is C=CCS(=O)(=O)NCCC(CCC(=O)O)C(C)C. The Morgan fingerprint density at radius 3 is 2.44 bits per heavy atom. The molecular weight excluding hydrogens is 254 g/mol. The van der Waals surface area contributed by atoms with Gasteiger partial charge in [0.05, 0.1) is 5.75 Å². The fourth-order valence-corrected chi connectivity index (χ4v) is 2.59. The fraction of sp³-hybridized carbons (Fsp3) is 0.750. The Labute approximate surface area is 109 Å².